The van der Waals surface area contributed by atoms with Crippen LogP contribution in [0, 0.1) is 23.0 Å². The number of carbonyl (C=O) groups is 1. The van der Waals surface area contributed by atoms with E-state index in [0.29, 0.717) is 54.9 Å². The van der Waals surface area contributed by atoms with Crippen LogP contribution < -0.4 is 15.4 Å². The minimum Gasteiger partial charge on any atom is -0.461 e. The lowest BCUT2D eigenvalue weighted by Crippen LogP contribution is -2.55. The van der Waals surface area contributed by atoms with Gasteiger partial charge in [0, 0.05) is 62.6 Å². The molecular weight excluding hydrogens is 710 g/mol. The van der Waals surface area contributed by atoms with Crippen LogP contribution in [0.25, 0.3) is 32.2 Å². The number of alkyl halides is 1. The summed E-state index contributed by atoms with van der Waals surface area (Å²) in [6.07, 6.45) is 3.64. The maximum Gasteiger partial charge on any atom is 0.319 e. The van der Waals surface area contributed by atoms with E-state index in [1.807, 2.05) is 6.92 Å². The number of esters is 1. The van der Waals surface area contributed by atoms with Crippen LogP contribution >= 0.6 is 11.3 Å². The maximum absolute atomic E-state index is 17.6. The minimum absolute atomic E-state index is 0.00566. The lowest BCUT2D eigenvalue weighted by atomic mass is 9.93. The van der Waals surface area contributed by atoms with Crippen LogP contribution in [0.1, 0.15) is 62.6 Å². The Labute approximate surface area is 307 Å². The Morgan fingerprint density at radius 1 is 1.19 bits per heavy atom. The summed E-state index contributed by atoms with van der Waals surface area (Å²) in [6.45, 7) is 6.79. The number of nitrogens with zero attached hydrogens (tertiary/aromatic N) is 7. The Balaban J connectivity index is 1.20. The Morgan fingerprint density at radius 3 is 2.72 bits per heavy atom. The second-order valence-corrected chi connectivity index (χ2v) is 16.2. The molecule has 0 radical (unpaired) electrons. The molecule has 12 nitrogen and oxygen atoms in total. The number of hydrogen-bond acceptors (Lipinski definition) is 13. The number of nitriles is 1. The van der Waals surface area contributed by atoms with Gasteiger partial charge in [0.25, 0.3) is 0 Å². The van der Waals surface area contributed by atoms with Crippen LogP contribution in [0.5, 0.6) is 6.01 Å². The number of fused-ring (bicyclic) bond motifs is 7. The third kappa shape index (κ3) is 5.57. The van der Waals surface area contributed by atoms with E-state index in [4.69, 9.17) is 29.9 Å². The third-order valence-corrected chi connectivity index (χ3v) is 12.7. The summed E-state index contributed by atoms with van der Waals surface area (Å²) >= 11 is 0.920. The first-order chi connectivity index (χ1) is 25.5. The molecule has 278 valence electrons. The molecular formula is C37H39F3N8O4S. The molecule has 2 bridgehead atoms. The zero-order valence-corrected chi connectivity index (χ0v) is 30.3. The predicted molar refractivity (Wildman–Crippen MR) is 191 cm³/mol. The normalized spacial score (nSPS) is 26.0. The molecule has 1 aromatic carbocycles. The van der Waals surface area contributed by atoms with Crippen molar-refractivity contribution in [2.24, 2.45) is 0 Å². The van der Waals surface area contributed by atoms with Crippen molar-refractivity contribution in [1.29, 1.82) is 5.26 Å². The number of carbonyl (C=O) groups excluding carboxylic acids is 1. The van der Waals surface area contributed by atoms with Crippen LogP contribution in [0.4, 0.5) is 24.0 Å². The first-order valence-electron chi connectivity index (χ1n) is 18.1. The summed E-state index contributed by atoms with van der Waals surface area (Å²) < 4.78 is 65.3. The van der Waals surface area contributed by atoms with E-state index < -0.39 is 23.3 Å². The van der Waals surface area contributed by atoms with Crippen molar-refractivity contribution in [2.45, 2.75) is 89.1 Å². The van der Waals surface area contributed by atoms with Gasteiger partial charge in [0.1, 0.15) is 41.3 Å². The number of ether oxygens (including phenoxy) is 3. The van der Waals surface area contributed by atoms with Gasteiger partial charge in [0.15, 0.2) is 11.6 Å². The van der Waals surface area contributed by atoms with Gasteiger partial charge in [-0.25, -0.2) is 13.2 Å². The average Bonchev–Trinajstić information content (AvgIpc) is 3.92. The Kier molecular flexibility index (Phi) is 8.41. The number of likely N-dealkylation sites (tertiary alicyclic amines) is 1. The number of nitrogen functional groups attached to an aromatic ring is 1. The summed E-state index contributed by atoms with van der Waals surface area (Å²) in [6, 6.07) is 2.10. The molecule has 0 saturated carbocycles. The molecule has 9 rings (SSSR count). The van der Waals surface area contributed by atoms with Crippen molar-refractivity contribution < 1.29 is 32.2 Å². The van der Waals surface area contributed by atoms with Crippen LogP contribution in [-0.2, 0) is 27.5 Å². The third-order valence-electron chi connectivity index (χ3n) is 11.7. The number of pyridine rings is 1. The fraction of sp³-hybridized carbons (Fsp3) is 0.541. The van der Waals surface area contributed by atoms with Crippen molar-refractivity contribution in [1.82, 2.24) is 24.8 Å². The molecule has 2 unspecified atom stereocenters. The van der Waals surface area contributed by atoms with E-state index in [-0.39, 0.29) is 87.4 Å². The van der Waals surface area contributed by atoms with Crippen LogP contribution in [0.15, 0.2) is 6.20 Å². The highest BCUT2D eigenvalue weighted by atomic mass is 32.1. The molecule has 2 N–H and O–H groups in total. The molecule has 0 aliphatic carbocycles. The number of hydrogen-bond donors (Lipinski definition) is 1. The van der Waals surface area contributed by atoms with Crippen molar-refractivity contribution in [3.8, 4) is 23.3 Å². The molecule has 5 aliphatic rings. The summed E-state index contributed by atoms with van der Waals surface area (Å²) in [5, 5.41) is 10.8. The maximum atomic E-state index is 17.6. The monoisotopic (exact) mass is 748 g/mol. The number of anilines is 2. The number of rotatable bonds is 8. The van der Waals surface area contributed by atoms with E-state index in [9.17, 15) is 14.4 Å². The predicted octanol–water partition coefficient (Wildman–Crippen LogP) is 5.23. The highest BCUT2D eigenvalue weighted by Gasteiger charge is 2.50. The summed E-state index contributed by atoms with van der Waals surface area (Å²) in [5.74, 6) is -1.14. The highest BCUT2D eigenvalue weighted by molar-refractivity contribution is 7.23. The van der Waals surface area contributed by atoms with Crippen LogP contribution in [0.2, 0.25) is 0 Å². The Bertz CT molecular complexity index is 2200. The molecule has 0 amide bonds. The van der Waals surface area contributed by atoms with Crippen molar-refractivity contribution in [3.63, 3.8) is 0 Å². The summed E-state index contributed by atoms with van der Waals surface area (Å²) in [5.41, 5.74) is 7.10. The number of halogens is 3. The molecule has 5 atom stereocenters. The molecule has 0 spiro atoms. The van der Waals surface area contributed by atoms with E-state index in [2.05, 4.69) is 25.8 Å². The standard InChI is InChI=1S/C37H39F3N8O4S/c1-18(52-19(2)49)11-46-13-21-4-5-22(14-46)48(21)35-29-25-16-50-15-24(25)27(31-28-23(9-41)34(42)53-33(28)26(39)10-43-31)30(40)32(29)44-36(45-35)51-17-37-6-3-7-47(37)12-20(38)8-37/h10,18,20-22H,3-8,11-17,42H2,1-2H3/t18-,20-,21?,22?,37+/m1/s1. The smallest absolute Gasteiger partial charge is 0.319 e. The van der Waals surface area contributed by atoms with Gasteiger partial charge in [0.2, 0.25) is 0 Å². The fourth-order valence-electron chi connectivity index (χ4n) is 9.70. The molecule has 4 saturated heterocycles. The van der Waals surface area contributed by atoms with Gasteiger partial charge < -0.3 is 24.8 Å². The lowest BCUT2D eigenvalue weighted by Gasteiger charge is -2.43. The Hall–Kier alpha value is -4.30. The topological polar surface area (TPSA) is 143 Å². The van der Waals surface area contributed by atoms with Gasteiger partial charge in [-0.1, -0.05) is 0 Å². The van der Waals surface area contributed by atoms with Gasteiger partial charge in [0.05, 0.1) is 46.3 Å². The number of thiophene rings is 1. The summed E-state index contributed by atoms with van der Waals surface area (Å²) in [7, 11) is 0. The second-order valence-electron chi connectivity index (χ2n) is 15.1. The van der Waals surface area contributed by atoms with Crippen molar-refractivity contribution in [2.75, 3.05) is 50.0 Å². The number of piperazine rings is 1. The van der Waals surface area contributed by atoms with Gasteiger partial charge in [-0.15, -0.1) is 11.3 Å². The lowest BCUT2D eigenvalue weighted by molar-refractivity contribution is -0.146. The van der Waals surface area contributed by atoms with Crippen molar-refractivity contribution >= 4 is 49.1 Å². The van der Waals surface area contributed by atoms with Gasteiger partial charge in [-0.05, 0) is 50.3 Å². The number of benzene rings is 1. The first kappa shape index (κ1) is 34.5. The molecule has 3 aromatic heterocycles. The number of aromatic nitrogens is 3. The second kappa shape index (κ2) is 12.9. The van der Waals surface area contributed by atoms with Crippen LogP contribution in [0.3, 0.4) is 0 Å². The van der Waals surface area contributed by atoms with E-state index in [0.717, 1.165) is 49.8 Å². The van der Waals surface area contributed by atoms with Gasteiger partial charge in [-0.3, -0.25) is 19.6 Å². The average molecular weight is 749 g/mol. The molecule has 8 heterocycles. The van der Waals surface area contributed by atoms with Crippen LogP contribution in [-0.4, -0.2) is 99.9 Å². The quantitative estimate of drug-likeness (QED) is 0.236. The van der Waals surface area contributed by atoms with Gasteiger partial charge >= 0.3 is 12.0 Å². The van der Waals surface area contributed by atoms with Gasteiger partial charge in [-0.2, -0.15) is 15.2 Å². The fourth-order valence-corrected chi connectivity index (χ4v) is 10.6. The molecule has 4 fully saturated rings. The SMILES string of the molecule is CC(=O)O[C@H](C)CN1CC2CCC(C1)N2c1nc(OC[C@@]23CCCN2C[C@H](F)C3)nc2c(F)c(-c3ncc(F)c4sc(N)c(C#N)c34)c3c(c12)COC3. The largest absolute Gasteiger partial charge is 0.461 e. The van der Waals surface area contributed by atoms with E-state index in [1.54, 1.807) is 0 Å². The number of nitrogens with two attached hydrogens (primary N) is 1. The summed E-state index contributed by atoms with van der Waals surface area (Å²) in [4.78, 5) is 32.4. The Morgan fingerprint density at radius 2 is 1.96 bits per heavy atom. The van der Waals surface area contributed by atoms with E-state index >= 15 is 8.78 Å². The highest BCUT2D eigenvalue weighted by Crippen LogP contribution is 2.48. The molecule has 5 aliphatic heterocycles. The zero-order chi connectivity index (χ0) is 36.8. The molecule has 16 heteroatoms. The van der Waals surface area contributed by atoms with Crippen molar-refractivity contribution in [3.05, 3.63) is 34.5 Å². The van der Waals surface area contributed by atoms with E-state index in [1.165, 1.54) is 6.92 Å². The zero-order valence-electron chi connectivity index (χ0n) is 29.5. The minimum atomic E-state index is -0.949. The first-order valence-corrected chi connectivity index (χ1v) is 19.0. The molecule has 4 aromatic rings. The molecule has 53 heavy (non-hydrogen) atoms.